The zero-order chi connectivity index (χ0) is 21.3. The van der Waals surface area contributed by atoms with Gasteiger partial charge in [0.15, 0.2) is 21.8 Å². The molecule has 0 bridgehead atoms. The largest absolute Gasteiger partial charge is 0.454 e. The topological polar surface area (TPSA) is 106 Å². The minimum Gasteiger partial charge on any atom is -0.454 e. The van der Waals surface area contributed by atoms with Crippen molar-refractivity contribution in [1.29, 1.82) is 0 Å². The van der Waals surface area contributed by atoms with Crippen LogP contribution in [0.15, 0.2) is 34.0 Å². The molecule has 3 rings (SSSR count). The quantitative estimate of drug-likeness (QED) is 0.596. The molecule has 0 aliphatic rings. The number of sulfone groups is 1. The number of ether oxygens (including phenoxy) is 1. The molecule has 7 nitrogen and oxygen atoms in total. The first-order valence-corrected chi connectivity index (χ1v) is 11.5. The number of aromatic nitrogens is 2. The molecule has 0 amide bonds. The molecule has 0 unspecified atom stereocenters. The first-order valence-electron chi connectivity index (χ1n) is 9.07. The van der Waals surface area contributed by atoms with Gasteiger partial charge in [-0.3, -0.25) is 9.59 Å². The van der Waals surface area contributed by atoms with Gasteiger partial charge in [0.1, 0.15) is 4.83 Å². The SMILES string of the molecule is Cc1ccc(S(=O)(=O)CCC(=O)O[C@@H](C)c2nc3sc(C)c(C)c3c(=O)[nH]2)cc1. The summed E-state index contributed by atoms with van der Waals surface area (Å²) in [7, 11) is -3.58. The van der Waals surface area contributed by atoms with Gasteiger partial charge in [0, 0.05) is 4.88 Å². The predicted octanol–water partition coefficient (Wildman–Crippen LogP) is 3.38. The number of carbonyl (C=O) groups excluding carboxylic acids is 1. The predicted molar refractivity (Wildman–Crippen MR) is 112 cm³/mol. The average Bonchev–Trinajstić information content (AvgIpc) is 2.95. The van der Waals surface area contributed by atoms with Crippen molar-refractivity contribution in [1.82, 2.24) is 9.97 Å². The van der Waals surface area contributed by atoms with Gasteiger partial charge in [-0.25, -0.2) is 13.4 Å². The third kappa shape index (κ3) is 4.56. The molecule has 0 aliphatic carbocycles. The Morgan fingerprint density at radius 3 is 2.52 bits per heavy atom. The van der Waals surface area contributed by atoms with Crippen molar-refractivity contribution in [3.8, 4) is 0 Å². The molecule has 0 fully saturated rings. The highest BCUT2D eigenvalue weighted by Gasteiger charge is 2.21. The number of benzene rings is 1. The molecule has 1 aromatic carbocycles. The lowest BCUT2D eigenvalue weighted by Crippen LogP contribution is -2.19. The van der Waals surface area contributed by atoms with Gasteiger partial charge in [0.05, 0.1) is 22.5 Å². The van der Waals surface area contributed by atoms with Crippen molar-refractivity contribution >= 4 is 37.4 Å². The van der Waals surface area contributed by atoms with E-state index in [1.165, 1.54) is 23.5 Å². The maximum absolute atomic E-state index is 12.4. The van der Waals surface area contributed by atoms with Gasteiger partial charge in [-0.05, 0) is 45.4 Å². The third-order valence-electron chi connectivity index (χ3n) is 4.71. The first kappa shape index (κ1) is 21.2. The number of rotatable bonds is 6. The number of hydrogen-bond donors (Lipinski definition) is 1. The molecule has 2 heterocycles. The summed E-state index contributed by atoms with van der Waals surface area (Å²) in [5.41, 5.74) is 1.56. The lowest BCUT2D eigenvalue weighted by molar-refractivity contribution is -0.148. The van der Waals surface area contributed by atoms with Crippen molar-refractivity contribution < 1.29 is 17.9 Å². The van der Waals surface area contributed by atoms with Crippen LogP contribution < -0.4 is 5.56 Å². The van der Waals surface area contributed by atoms with Crippen LogP contribution in [-0.2, 0) is 19.4 Å². The second-order valence-corrected chi connectivity index (χ2v) is 10.2. The number of nitrogens with one attached hydrogen (secondary N) is 1. The molecule has 154 valence electrons. The molecule has 29 heavy (non-hydrogen) atoms. The molecule has 0 saturated carbocycles. The second kappa shape index (κ2) is 8.08. The van der Waals surface area contributed by atoms with Crippen molar-refractivity contribution in [2.24, 2.45) is 0 Å². The average molecular weight is 435 g/mol. The zero-order valence-corrected chi connectivity index (χ0v) is 18.2. The van der Waals surface area contributed by atoms with Gasteiger partial charge in [0.2, 0.25) is 0 Å². The van der Waals surface area contributed by atoms with E-state index in [2.05, 4.69) is 9.97 Å². The molecule has 0 aliphatic heterocycles. The Labute approximate surface area is 172 Å². The fraction of sp³-hybridized carbons (Fsp3) is 0.350. The Morgan fingerprint density at radius 1 is 1.21 bits per heavy atom. The van der Waals surface area contributed by atoms with Gasteiger partial charge in [-0.1, -0.05) is 17.7 Å². The van der Waals surface area contributed by atoms with Crippen molar-refractivity contribution in [3.05, 3.63) is 56.4 Å². The minimum absolute atomic E-state index is 0.170. The van der Waals surface area contributed by atoms with Crippen molar-refractivity contribution in [3.63, 3.8) is 0 Å². The number of aryl methyl sites for hydroxylation is 3. The molecular weight excluding hydrogens is 412 g/mol. The summed E-state index contributed by atoms with van der Waals surface area (Å²) in [6.07, 6.45) is -1.09. The summed E-state index contributed by atoms with van der Waals surface area (Å²) in [6, 6.07) is 6.46. The maximum Gasteiger partial charge on any atom is 0.307 e. The van der Waals surface area contributed by atoms with Crippen LogP contribution in [-0.4, -0.2) is 30.1 Å². The zero-order valence-electron chi connectivity index (χ0n) is 16.6. The molecule has 2 aromatic heterocycles. The highest BCUT2D eigenvalue weighted by molar-refractivity contribution is 7.91. The Kier molecular flexibility index (Phi) is 5.90. The molecule has 1 N–H and O–H groups in total. The lowest BCUT2D eigenvalue weighted by atomic mass is 10.2. The molecule has 9 heteroatoms. The number of nitrogens with zero attached hydrogens (tertiary/aromatic N) is 1. The lowest BCUT2D eigenvalue weighted by Gasteiger charge is -2.12. The van der Waals surface area contributed by atoms with E-state index in [1.54, 1.807) is 19.1 Å². The van der Waals surface area contributed by atoms with E-state index < -0.39 is 21.9 Å². The smallest absolute Gasteiger partial charge is 0.307 e. The summed E-state index contributed by atoms with van der Waals surface area (Å²) in [4.78, 5) is 33.3. The monoisotopic (exact) mass is 434 g/mol. The van der Waals surface area contributed by atoms with Crippen LogP contribution in [0.4, 0.5) is 0 Å². The summed E-state index contributed by atoms with van der Waals surface area (Å²) in [5, 5.41) is 0.541. The van der Waals surface area contributed by atoms with Crippen LogP contribution in [0.1, 0.15) is 41.3 Å². The van der Waals surface area contributed by atoms with E-state index in [4.69, 9.17) is 4.74 Å². The maximum atomic E-state index is 12.4. The Bertz CT molecular complexity index is 1220. The molecule has 3 aromatic rings. The van der Waals surface area contributed by atoms with E-state index in [-0.39, 0.29) is 28.5 Å². The van der Waals surface area contributed by atoms with Crippen LogP contribution >= 0.6 is 11.3 Å². The number of hydrogen-bond acceptors (Lipinski definition) is 7. The van der Waals surface area contributed by atoms with Crippen LogP contribution in [0.5, 0.6) is 0 Å². The van der Waals surface area contributed by atoms with Crippen molar-refractivity contribution in [2.75, 3.05) is 5.75 Å². The van der Waals surface area contributed by atoms with Gasteiger partial charge >= 0.3 is 5.97 Å². The summed E-state index contributed by atoms with van der Waals surface area (Å²) < 4.78 is 30.0. The molecule has 1 atom stereocenters. The molecular formula is C20H22N2O5S2. The van der Waals surface area contributed by atoms with E-state index in [0.717, 1.165) is 16.0 Å². The van der Waals surface area contributed by atoms with Gasteiger partial charge in [-0.2, -0.15) is 0 Å². The number of thiophene rings is 1. The number of carbonyl (C=O) groups is 1. The number of aromatic amines is 1. The highest BCUT2D eigenvalue weighted by atomic mass is 32.2. The number of esters is 1. The van der Waals surface area contributed by atoms with Gasteiger partial charge in [-0.15, -0.1) is 11.3 Å². The van der Waals surface area contributed by atoms with E-state index in [9.17, 15) is 18.0 Å². The Morgan fingerprint density at radius 2 is 1.86 bits per heavy atom. The standard InChI is InChI=1S/C20H22N2O5S2/c1-11-5-7-15(8-6-11)29(25,26)10-9-16(23)27-13(3)18-21-19(24)17-12(2)14(4)28-20(17)22-18/h5-8,13H,9-10H2,1-4H3,(H,21,22,24)/t13-/m0/s1. The fourth-order valence-corrected chi connectivity index (χ4v) is 5.12. The molecule has 0 radical (unpaired) electrons. The first-order chi connectivity index (χ1) is 13.6. The molecule has 0 saturated heterocycles. The normalized spacial score (nSPS) is 12.8. The third-order valence-corrected chi connectivity index (χ3v) is 7.54. The van der Waals surface area contributed by atoms with Gasteiger partial charge < -0.3 is 9.72 Å². The minimum atomic E-state index is -3.58. The van der Waals surface area contributed by atoms with Crippen LogP contribution in [0.3, 0.4) is 0 Å². The van der Waals surface area contributed by atoms with E-state index in [1.807, 2.05) is 20.8 Å². The Hall–Kier alpha value is -2.52. The summed E-state index contributed by atoms with van der Waals surface area (Å²) >= 11 is 1.40. The van der Waals surface area contributed by atoms with Crippen LogP contribution in [0.2, 0.25) is 0 Å². The van der Waals surface area contributed by atoms with E-state index in [0.29, 0.717) is 10.2 Å². The molecule has 0 spiro atoms. The number of fused-ring (bicyclic) bond motifs is 1. The van der Waals surface area contributed by atoms with Crippen molar-refractivity contribution in [2.45, 2.75) is 45.1 Å². The summed E-state index contributed by atoms with van der Waals surface area (Å²) in [6.45, 7) is 7.23. The Balaban J connectivity index is 1.68. The van der Waals surface area contributed by atoms with E-state index >= 15 is 0 Å². The number of H-pyrrole nitrogens is 1. The van der Waals surface area contributed by atoms with Crippen LogP contribution in [0, 0.1) is 20.8 Å². The summed E-state index contributed by atoms with van der Waals surface area (Å²) in [5.74, 6) is -0.790. The van der Waals surface area contributed by atoms with Crippen LogP contribution in [0.25, 0.3) is 10.2 Å². The highest BCUT2D eigenvalue weighted by Crippen LogP contribution is 2.27. The second-order valence-electron chi connectivity index (χ2n) is 6.93. The fourth-order valence-electron chi connectivity index (χ4n) is 2.86. The van der Waals surface area contributed by atoms with Gasteiger partial charge in [0.25, 0.3) is 5.56 Å².